The number of benzene rings is 7. The quantitative estimate of drug-likeness (QED) is 0.113. The van der Waals surface area contributed by atoms with E-state index in [1.807, 2.05) is 12.3 Å². The predicted octanol–water partition coefficient (Wildman–Crippen LogP) is 15.3. The maximum Gasteiger partial charge on any atom is 0.244 e. The molecule has 0 aliphatic rings. The van der Waals surface area contributed by atoms with Crippen molar-refractivity contribution < 1.29 is 9.30 Å². The Bertz CT molecular complexity index is 3380. The molecule has 3 aromatic heterocycles. The molecule has 0 fully saturated rings. The van der Waals surface area contributed by atoms with Gasteiger partial charge in [0.25, 0.3) is 0 Å². The van der Waals surface area contributed by atoms with Crippen LogP contribution in [0.3, 0.4) is 0 Å². The highest BCUT2D eigenvalue weighted by Crippen LogP contribution is 2.39. The van der Waals surface area contributed by atoms with Crippen LogP contribution in [0, 0.1) is 6.33 Å². The summed E-state index contributed by atoms with van der Waals surface area (Å²) in [5.74, 6) is 2.37. The summed E-state index contributed by atoms with van der Waals surface area (Å²) in [7, 11) is 0. The third kappa shape index (κ3) is 8.19. The number of nitrogens with zero attached hydrogens (tertiary/aromatic N) is 4. The topological polar surface area (TPSA) is 35.9 Å². The van der Waals surface area contributed by atoms with E-state index in [2.05, 4.69) is 246 Å². The molecule has 5 heteroatoms. The number of imidazole rings is 1. The summed E-state index contributed by atoms with van der Waals surface area (Å²) in [5.41, 5.74) is 15.2. The van der Waals surface area contributed by atoms with Gasteiger partial charge in [-0.25, -0.2) is 4.98 Å². The molecule has 5 nitrogen and oxygen atoms in total. The van der Waals surface area contributed by atoms with Crippen LogP contribution in [-0.2, 0) is 22.8 Å². The number of ether oxygens (including phenoxy) is 1. The van der Waals surface area contributed by atoms with Crippen LogP contribution in [0.25, 0.3) is 66.6 Å². The van der Waals surface area contributed by atoms with Crippen molar-refractivity contribution >= 4 is 32.8 Å². The highest BCUT2D eigenvalue weighted by molar-refractivity contribution is 6.10. The Hall–Kier alpha value is -7.24. The number of para-hydroxylation sites is 1. The number of hydrogen-bond donors (Lipinski definition) is 0. The molecule has 0 N–H and O–H groups in total. The lowest BCUT2D eigenvalue weighted by atomic mass is 9.79. The summed E-state index contributed by atoms with van der Waals surface area (Å²) < 4.78 is 13.6. The van der Waals surface area contributed by atoms with Gasteiger partial charge in [0.1, 0.15) is 17.3 Å². The summed E-state index contributed by atoms with van der Waals surface area (Å²) in [4.78, 5) is 4.96. The maximum absolute atomic E-state index is 6.84. The van der Waals surface area contributed by atoms with Gasteiger partial charge >= 0.3 is 0 Å². The minimum Gasteiger partial charge on any atom is -0.458 e. The van der Waals surface area contributed by atoms with E-state index in [0.717, 1.165) is 50.5 Å². The first-order chi connectivity index (χ1) is 31.6. The Labute approximate surface area is 389 Å². The molecule has 10 rings (SSSR count). The maximum atomic E-state index is 6.84. The minimum absolute atomic E-state index is 0.00918. The standard InChI is InChI=1S/C61H58N4O/c1-59(2,3)45-30-31-62-57(36-45)65-54-29-26-44(42-18-12-10-13-19-42)34-53(54)52-28-27-50(38-56(52)65)66-49-23-16-22-48(37-49)64-40-63(58-51(24-17-25-55(58)64)43-20-14-11-15-21-43)39-41-32-46(60(4,5)6)35-47(33-41)61(7,8)9/h10-38H,39H2,1-9H3. The first-order valence-electron chi connectivity index (χ1n) is 23.1. The van der Waals surface area contributed by atoms with E-state index in [1.165, 1.54) is 49.9 Å². The van der Waals surface area contributed by atoms with Crippen molar-refractivity contribution in [2.24, 2.45) is 0 Å². The zero-order chi connectivity index (χ0) is 46.0. The van der Waals surface area contributed by atoms with Gasteiger partial charge in [0.05, 0.1) is 34.3 Å². The summed E-state index contributed by atoms with van der Waals surface area (Å²) in [6.07, 6.45) is 5.76. The summed E-state index contributed by atoms with van der Waals surface area (Å²) in [6, 6.07) is 60.9. The fourth-order valence-corrected chi connectivity index (χ4v) is 9.16. The summed E-state index contributed by atoms with van der Waals surface area (Å²) in [5, 5.41) is 2.31. The van der Waals surface area contributed by atoms with Gasteiger partial charge in [-0.15, -0.1) is 0 Å². The minimum atomic E-state index is -0.0335. The molecular formula is C61H58N4O. The number of rotatable bonds is 8. The molecule has 0 spiro atoms. The van der Waals surface area contributed by atoms with E-state index in [1.54, 1.807) is 0 Å². The molecule has 0 aliphatic carbocycles. The third-order valence-corrected chi connectivity index (χ3v) is 12.9. The Morgan fingerprint density at radius 3 is 1.86 bits per heavy atom. The summed E-state index contributed by atoms with van der Waals surface area (Å²) >= 11 is 0. The van der Waals surface area contributed by atoms with Crippen LogP contribution in [0.2, 0.25) is 0 Å². The van der Waals surface area contributed by atoms with Crippen molar-refractivity contribution in [1.82, 2.24) is 14.1 Å². The zero-order valence-electron chi connectivity index (χ0n) is 39.6. The van der Waals surface area contributed by atoms with E-state index in [0.29, 0.717) is 6.54 Å². The fraction of sp³-hybridized carbons (Fsp3) is 0.213. The first-order valence-corrected chi connectivity index (χ1v) is 23.1. The molecule has 7 aromatic carbocycles. The van der Waals surface area contributed by atoms with Crippen LogP contribution < -0.4 is 9.30 Å². The van der Waals surface area contributed by atoms with Crippen LogP contribution in [0.4, 0.5) is 0 Å². The van der Waals surface area contributed by atoms with Crippen LogP contribution >= 0.6 is 0 Å². The number of fused-ring (bicyclic) bond motifs is 4. The van der Waals surface area contributed by atoms with Gasteiger partial charge in [-0.1, -0.05) is 178 Å². The van der Waals surface area contributed by atoms with Gasteiger partial charge in [0.15, 0.2) is 0 Å². The second kappa shape index (κ2) is 16.3. The predicted molar refractivity (Wildman–Crippen MR) is 273 cm³/mol. The van der Waals surface area contributed by atoms with E-state index in [4.69, 9.17) is 9.72 Å². The molecule has 328 valence electrons. The molecule has 0 aliphatic heterocycles. The molecule has 0 radical (unpaired) electrons. The number of hydrogen-bond acceptors (Lipinski definition) is 2. The van der Waals surface area contributed by atoms with E-state index >= 15 is 0 Å². The highest BCUT2D eigenvalue weighted by Gasteiger charge is 2.23. The monoisotopic (exact) mass is 862 g/mol. The zero-order valence-corrected chi connectivity index (χ0v) is 39.6. The lowest BCUT2D eigenvalue weighted by molar-refractivity contribution is -0.666. The van der Waals surface area contributed by atoms with Crippen molar-refractivity contribution in [2.75, 3.05) is 0 Å². The van der Waals surface area contributed by atoms with Gasteiger partial charge < -0.3 is 13.9 Å². The van der Waals surface area contributed by atoms with Crippen molar-refractivity contribution in [3.63, 3.8) is 0 Å². The average molecular weight is 863 g/mol. The van der Waals surface area contributed by atoms with Crippen LogP contribution in [0.1, 0.15) is 84.6 Å². The molecule has 0 bridgehead atoms. The second-order valence-corrected chi connectivity index (χ2v) is 20.8. The van der Waals surface area contributed by atoms with Crippen molar-refractivity contribution in [3.8, 4) is 45.3 Å². The average Bonchev–Trinajstić information content (AvgIpc) is 3.83. The Kier molecular flexibility index (Phi) is 10.6. The molecule has 66 heavy (non-hydrogen) atoms. The molecular weight excluding hydrogens is 805 g/mol. The van der Waals surface area contributed by atoms with E-state index in [-0.39, 0.29) is 16.2 Å². The smallest absolute Gasteiger partial charge is 0.244 e. The van der Waals surface area contributed by atoms with Crippen LogP contribution in [0.15, 0.2) is 176 Å². The van der Waals surface area contributed by atoms with Crippen LogP contribution in [-0.4, -0.2) is 14.1 Å². The van der Waals surface area contributed by atoms with E-state index < -0.39 is 0 Å². The highest BCUT2D eigenvalue weighted by atomic mass is 16.5. The van der Waals surface area contributed by atoms with E-state index in [9.17, 15) is 0 Å². The normalized spacial score (nSPS) is 12.4. The molecule has 0 saturated carbocycles. The van der Waals surface area contributed by atoms with Crippen molar-refractivity contribution in [1.29, 1.82) is 0 Å². The number of aromatic nitrogens is 4. The second-order valence-electron chi connectivity index (χ2n) is 20.8. The molecule has 10 aromatic rings. The Morgan fingerprint density at radius 1 is 0.500 bits per heavy atom. The fourth-order valence-electron chi connectivity index (χ4n) is 9.16. The number of pyridine rings is 1. The lowest BCUT2D eigenvalue weighted by Gasteiger charge is -2.26. The van der Waals surface area contributed by atoms with Crippen LogP contribution in [0.5, 0.6) is 11.5 Å². The molecule has 0 unspecified atom stereocenters. The van der Waals surface area contributed by atoms with Gasteiger partial charge in [-0.05, 0) is 109 Å². The van der Waals surface area contributed by atoms with Crippen molar-refractivity contribution in [3.05, 3.63) is 205 Å². The van der Waals surface area contributed by atoms with Gasteiger partial charge in [0.2, 0.25) is 6.33 Å². The Balaban J connectivity index is 1.08. The van der Waals surface area contributed by atoms with Gasteiger partial charge in [0, 0.05) is 23.0 Å². The molecule has 0 saturated heterocycles. The third-order valence-electron chi connectivity index (χ3n) is 12.9. The van der Waals surface area contributed by atoms with Gasteiger partial charge in [-0.2, -0.15) is 0 Å². The SMILES string of the molecule is CC(C)(C)c1cc(C[n+]2[c-]n(-c3cccc(Oc4ccc5c6cc(-c7ccccc7)ccc6n(-c6cc(C(C)(C)C)ccn6)c5c4)c3)c3cccc(-c4ccccc4)c32)cc(C(C)(C)C)c1. The molecule has 0 amide bonds. The first kappa shape index (κ1) is 42.7. The lowest BCUT2D eigenvalue weighted by Crippen LogP contribution is -2.34. The summed E-state index contributed by atoms with van der Waals surface area (Å²) in [6.45, 7) is 21.2. The molecule has 0 atom stereocenters. The largest absolute Gasteiger partial charge is 0.458 e. The van der Waals surface area contributed by atoms with Gasteiger partial charge in [-0.3, -0.25) is 4.57 Å². The van der Waals surface area contributed by atoms with Crippen molar-refractivity contribution in [2.45, 2.75) is 85.1 Å². The Morgan fingerprint density at radius 2 is 1.17 bits per heavy atom. The molecule has 3 heterocycles.